The Kier molecular flexibility index (Phi) is 7.07. The standard InChI is InChI=1S/C21H30N4O4/c1-15(2)24(20(26)29-21(3,4)5)14-16-7-6-10-23(13-16)19-9-8-18(25(27)28)11-17(19)12-22/h8-9,11,15-16H,6-7,10,13-14H2,1-5H3/t16-/m1/s1. The molecule has 1 heterocycles. The molecular formula is C21H30N4O4. The number of rotatable bonds is 5. The third-order valence-corrected chi connectivity index (χ3v) is 4.88. The van der Waals surface area contributed by atoms with Crippen molar-refractivity contribution in [2.24, 2.45) is 5.92 Å². The van der Waals surface area contributed by atoms with Crippen molar-refractivity contribution in [1.29, 1.82) is 5.26 Å². The lowest BCUT2D eigenvalue weighted by Crippen LogP contribution is -2.47. The van der Waals surface area contributed by atoms with Crippen LogP contribution in [-0.2, 0) is 4.74 Å². The number of piperidine rings is 1. The van der Waals surface area contributed by atoms with Crippen LogP contribution in [0.4, 0.5) is 16.2 Å². The van der Waals surface area contributed by atoms with Crippen molar-refractivity contribution in [3.63, 3.8) is 0 Å². The van der Waals surface area contributed by atoms with Gasteiger partial charge in [0.05, 0.1) is 16.2 Å². The molecule has 1 fully saturated rings. The molecule has 0 unspecified atom stereocenters. The Morgan fingerprint density at radius 2 is 2.14 bits per heavy atom. The maximum atomic E-state index is 12.6. The second-order valence-corrected chi connectivity index (χ2v) is 8.75. The molecule has 0 aromatic heterocycles. The molecule has 0 N–H and O–H groups in total. The Bertz CT molecular complexity index is 795. The van der Waals surface area contributed by atoms with Crippen LogP contribution < -0.4 is 4.90 Å². The van der Waals surface area contributed by atoms with E-state index in [2.05, 4.69) is 11.0 Å². The predicted octanol–water partition coefficient (Wildman–Crippen LogP) is 4.33. The van der Waals surface area contributed by atoms with Crippen molar-refractivity contribution in [3.05, 3.63) is 33.9 Å². The Morgan fingerprint density at radius 1 is 1.45 bits per heavy atom. The molecule has 1 aliphatic rings. The Morgan fingerprint density at radius 3 is 2.69 bits per heavy atom. The van der Waals surface area contributed by atoms with E-state index < -0.39 is 10.5 Å². The van der Waals surface area contributed by atoms with Gasteiger partial charge in [-0.15, -0.1) is 0 Å². The average molecular weight is 402 g/mol. The number of carbonyl (C=O) groups is 1. The molecule has 1 aliphatic heterocycles. The summed E-state index contributed by atoms with van der Waals surface area (Å²) >= 11 is 0. The van der Waals surface area contributed by atoms with Gasteiger partial charge < -0.3 is 14.5 Å². The summed E-state index contributed by atoms with van der Waals surface area (Å²) in [7, 11) is 0. The van der Waals surface area contributed by atoms with Crippen molar-refractivity contribution in [2.45, 2.75) is 59.1 Å². The Hall–Kier alpha value is -2.82. The van der Waals surface area contributed by atoms with Crippen LogP contribution in [-0.4, -0.2) is 47.2 Å². The first kappa shape index (κ1) is 22.5. The molecule has 0 bridgehead atoms. The molecule has 0 radical (unpaired) electrons. The lowest BCUT2D eigenvalue weighted by atomic mass is 9.96. The third-order valence-electron chi connectivity index (χ3n) is 4.88. The summed E-state index contributed by atoms with van der Waals surface area (Å²) in [6, 6.07) is 6.48. The smallest absolute Gasteiger partial charge is 0.410 e. The summed E-state index contributed by atoms with van der Waals surface area (Å²) in [6.45, 7) is 11.5. The van der Waals surface area contributed by atoms with Gasteiger partial charge in [-0.3, -0.25) is 10.1 Å². The molecule has 1 saturated heterocycles. The van der Waals surface area contributed by atoms with Crippen molar-refractivity contribution in [3.8, 4) is 6.07 Å². The van der Waals surface area contributed by atoms with E-state index in [1.54, 1.807) is 11.0 Å². The number of benzene rings is 1. The zero-order chi connectivity index (χ0) is 21.8. The van der Waals surface area contributed by atoms with Gasteiger partial charge in [-0.05, 0) is 59.4 Å². The number of hydrogen-bond donors (Lipinski definition) is 0. The number of nitriles is 1. The van der Waals surface area contributed by atoms with Gasteiger partial charge in [0.2, 0.25) is 0 Å². The minimum atomic E-state index is -0.552. The van der Waals surface area contributed by atoms with Crippen molar-refractivity contribution < 1.29 is 14.5 Å². The van der Waals surface area contributed by atoms with Crippen LogP contribution in [0.3, 0.4) is 0 Å². The zero-order valence-corrected chi connectivity index (χ0v) is 17.8. The molecular weight excluding hydrogens is 372 g/mol. The normalized spacial score (nSPS) is 17.0. The van der Waals surface area contributed by atoms with Gasteiger partial charge in [-0.2, -0.15) is 5.26 Å². The quantitative estimate of drug-likeness (QED) is 0.537. The highest BCUT2D eigenvalue weighted by Gasteiger charge is 2.29. The summed E-state index contributed by atoms with van der Waals surface area (Å²) in [6.07, 6.45) is 1.57. The van der Waals surface area contributed by atoms with E-state index in [1.807, 2.05) is 34.6 Å². The van der Waals surface area contributed by atoms with E-state index in [0.29, 0.717) is 24.3 Å². The fraction of sp³-hybridized carbons (Fsp3) is 0.619. The van der Waals surface area contributed by atoms with E-state index in [9.17, 15) is 20.2 Å². The van der Waals surface area contributed by atoms with Crippen LogP contribution in [0.5, 0.6) is 0 Å². The first-order valence-corrected chi connectivity index (χ1v) is 9.95. The fourth-order valence-corrected chi connectivity index (χ4v) is 3.53. The molecule has 2 rings (SSSR count). The van der Waals surface area contributed by atoms with Crippen molar-refractivity contribution in [1.82, 2.24) is 4.90 Å². The maximum absolute atomic E-state index is 12.6. The lowest BCUT2D eigenvalue weighted by Gasteiger charge is -2.38. The fourth-order valence-electron chi connectivity index (χ4n) is 3.53. The molecule has 8 nitrogen and oxygen atoms in total. The zero-order valence-electron chi connectivity index (χ0n) is 17.8. The van der Waals surface area contributed by atoms with E-state index in [0.717, 1.165) is 19.4 Å². The number of nitrogens with zero attached hydrogens (tertiary/aromatic N) is 4. The number of nitro benzene ring substituents is 1. The van der Waals surface area contributed by atoms with Crippen LogP contribution >= 0.6 is 0 Å². The number of amides is 1. The van der Waals surface area contributed by atoms with E-state index in [-0.39, 0.29) is 23.7 Å². The molecule has 29 heavy (non-hydrogen) atoms. The number of non-ortho nitro benzene ring substituents is 1. The minimum absolute atomic E-state index is 0.00858. The molecule has 8 heteroatoms. The third kappa shape index (κ3) is 6.08. The molecule has 158 valence electrons. The Balaban J connectivity index is 2.15. The molecule has 1 amide bonds. The molecule has 1 atom stereocenters. The van der Waals surface area contributed by atoms with Crippen molar-refractivity contribution in [2.75, 3.05) is 24.5 Å². The van der Waals surface area contributed by atoms with Gasteiger partial charge in [0.1, 0.15) is 11.7 Å². The van der Waals surface area contributed by atoms with Gasteiger partial charge in [0, 0.05) is 37.8 Å². The second kappa shape index (κ2) is 9.12. The summed E-state index contributed by atoms with van der Waals surface area (Å²) in [5, 5.41) is 20.4. The molecule has 0 aliphatic carbocycles. The summed E-state index contributed by atoms with van der Waals surface area (Å²) < 4.78 is 5.55. The van der Waals surface area contributed by atoms with Crippen LogP contribution in [0.15, 0.2) is 18.2 Å². The number of anilines is 1. The SMILES string of the molecule is CC(C)N(C[C@@H]1CCCN(c2ccc([N+](=O)[O-])cc2C#N)C1)C(=O)OC(C)(C)C. The average Bonchev–Trinajstić information content (AvgIpc) is 2.64. The maximum Gasteiger partial charge on any atom is 0.410 e. The first-order chi connectivity index (χ1) is 13.5. The highest BCUT2D eigenvalue weighted by atomic mass is 16.6. The van der Waals surface area contributed by atoms with Gasteiger partial charge in [0.25, 0.3) is 5.69 Å². The van der Waals surface area contributed by atoms with Gasteiger partial charge in [-0.1, -0.05) is 0 Å². The highest BCUT2D eigenvalue weighted by Crippen LogP contribution is 2.29. The monoisotopic (exact) mass is 402 g/mol. The minimum Gasteiger partial charge on any atom is -0.444 e. The topological polar surface area (TPSA) is 99.7 Å². The molecule has 1 aromatic carbocycles. The predicted molar refractivity (Wildman–Crippen MR) is 111 cm³/mol. The largest absolute Gasteiger partial charge is 0.444 e. The van der Waals surface area contributed by atoms with Gasteiger partial charge in [0.15, 0.2) is 0 Å². The van der Waals surface area contributed by atoms with Gasteiger partial charge >= 0.3 is 6.09 Å². The first-order valence-electron chi connectivity index (χ1n) is 9.95. The number of nitro groups is 1. The molecule has 0 spiro atoms. The Labute approximate surface area is 172 Å². The highest BCUT2D eigenvalue weighted by molar-refractivity contribution is 5.68. The van der Waals surface area contributed by atoms with E-state index in [4.69, 9.17) is 4.74 Å². The number of hydrogen-bond acceptors (Lipinski definition) is 6. The van der Waals surface area contributed by atoms with E-state index in [1.165, 1.54) is 12.1 Å². The summed E-state index contributed by atoms with van der Waals surface area (Å²) in [4.78, 5) is 26.9. The lowest BCUT2D eigenvalue weighted by molar-refractivity contribution is -0.384. The van der Waals surface area contributed by atoms with Crippen molar-refractivity contribution >= 4 is 17.5 Å². The second-order valence-electron chi connectivity index (χ2n) is 8.75. The van der Waals surface area contributed by atoms with E-state index >= 15 is 0 Å². The number of ether oxygens (including phenoxy) is 1. The molecule has 1 aromatic rings. The van der Waals surface area contributed by atoms with Crippen LogP contribution in [0.2, 0.25) is 0 Å². The van der Waals surface area contributed by atoms with Crippen LogP contribution in [0.25, 0.3) is 0 Å². The van der Waals surface area contributed by atoms with Crippen LogP contribution in [0.1, 0.15) is 53.0 Å². The van der Waals surface area contributed by atoms with Gasteiger partial charge in [-0.25, -0.2) is 4.79 Å². The summed E-state index contributed by atoms with van der Waals surface area (Å²) in [5.74, 6) is 0.223. The molecule has 0 saturated carbocycles. The summed E-state index contributed by atoms with van der Waals surface area (Å²) in [5.41, 5.74) is 0.363. The number of carbonyl (C=O) groups excluding carboxylic acids is 1. The van der Waals surface area contributed by atoms with Crippen LogP contribution in [0, 0.1) is 27.4 Å².